The van der Waals surface area contributed by atoms with Crippen LogP contribution in [0.4, 0.5) is 0 Å². The summed E-state index contributed by atoms with van der Waals surface area (Å²) in [6, 6.07) is -1.38. The van der Waals surface area contributed by atoms with Gasteiger partial charge in [-0.15, -0.1) is 0 Å². The molecule has 2 atom stereocenters. The Hall–Kier alpha value is -3.20. The van der Waals surface area contributed by atoms with Crippen molar-refractivity contribution in [3.8, 4) is 0 Å². The molecule has 0 aliphatic heterocycles. The molecule has 0 saturated carbocycles. The van der Waals surface area contributed by atoms with Crippen molar-refractivity contribution in [1.82, 2.24) is 10.6 Å². The minimum absolute atomic E-state index is 0.105. The van der Waals surface area contributed by atoms with Gasteiger partial charge in [-0.1, -0.05) is 159 Å². The Morgan fingerprint density at radius 2 is 1.07 bits per heavy atom. The van der Waals surface area contributed by atoms with Gasteiger partial charge in [0.25, 0.3) is 0 Å². The summed E-state index contributed by atoms with van der Waals surface area (Å²) in [5, 5.41) is 22.5. The zero-order chi connectivity index (χ0) is 41.2. The van der Waals surface area contributed by atoms with Crippen molar-refractivity contribution in [3.63, 3.8) is 0 Å². The van der Waals surface area contributed by atoms with E-state index in [-0.39, 0.29) is 24.5 Å². The molecule has 322 valence electrons. The molecule has 4 N–H and O–H groups in total. The number of hydrogen-bond acceptors (Lipinski definition) is 6. The molecule has 0 rings (SSSR count). The second kappa shape index (κ2) is 41.4. The van der Waals surface area contributed by atoms with E-state index in [1.54, 1.807) is 0 Å². The lowest BCUT2D eigenvalue weighted by atomic mass is 10.0. The van der Waals surface area contributed by atoms with Gasteiger partial charge in [0.1, 0.15) is 12.1 Å². The van der Waals surface area contributed by atoms with E-state index in [4.69, 9.17) is 14.9 Å². The molecular weight excluding hydrogens is 705 g/mol. The summed E-state index contributed by atoms with van der Waals surface area (Å²) in [5.74, 6) is -2.36. The number of carbonyl (C=O) groups is 4. The molecule has 9 nitrogen and oxygen atoms in total. The van der Waals surface area contributed by atoms with Crippen molar-refractivity contribution in [1.29, 1.82) is 0 Å². The highest BCUT2D eigenvalue weighted by atomic mass is 16.5. The zero-order valence-electron chi connectivity index (χ0n) is 35.6. The molecule has 0 saturated heterocycles. The quantitative estimate of drug-likeness (QED) is 0.0275. The fraction of sp³-hybridized carbons (Fsp3) is 0.745. The summed E-state index contributed by atoms with van der Waals surface area (Å²) < 4.78 is 5.92. The maximum absolute atomic E-state index is 12.7. The van der Waals surface area contributed by atoms with Crippen LogP contribution in [0.15, 0.2) is 48.6 Å². The Balaban J connectivity index is 4.19. The van der Waals surface area contributed by atoms with Crippen LogP contribution in [0.2, 0.25) is 0 Å². The molecule has 0 aliphatic rings. The highest BCUT2D eigenvalue weighted by Crippen LogP contribution is 2.16. The van der Waals surface area contributed by atoms with Crippen molar-refractivity contribution in [2.75, 3.05) is 13.2 Å². The number of esters is 1. The molecule has 0 aliphatic carbocycles. The first kappa shape index (κ1) is 52.8. The number of carboxylic acid groups (broad SMARTS) is 1. The van der Waals surface area contributed by atoms with Gasteiger partial charge in [0.15, 0.2) is 0 Å². The van der Waals surface area contributed by atoms with Crippen LogP contribution in [0.5, 0.6) is 0 Å². The number of hydrogen-bond donors (Lipinski definition) is 4. The Morgan fingerprint density at radius 3 is 1.62 bits per heavy atom. The van der Waals surface area contributed by atoms with E-state index in [1.165, 1.54) is 96.3 Å². The van der Waals surface area contributed by atoms with Gasteiger partial charge >= 0.3 is 11.9 Å². The van der Waals surface area contributed by atoms with Crippen LogP contribution in [0.3, 0.4) is 0 Å². The molecule has 0 heterocycles. The fourth-order valence-electron chi connectivity index (χ4n) is 6.35. The van der Waals surface area contributed by atoms with Gasteiger partial charge in [0, 0.05) is 12.8 Å². The molecule has 0 bridgehead atoms. The average molecular weight is 787 g/mol. The third-order valence-corrected chi connectivity index (χ3v) is 9.79. The first-order chi connectivity index (χ1) is 27.3. The maximum Gasteiger partial charge on any atom is 0.328 e. The van der Waals surface area contributed by atoms with Gasteiger partial charge < -0.3 is 25.6 Å². The van der Waals surface area contributed by atoms with E-state index in [0.717, 1.165) is 70.6 Å². The predicted octanol–water partition coefficient (Wildman–Crippen LogP) is 11.2. The van der Waals surface area contributed by atoms with Crippen molar-refractivity contribution < 1.29 is 34.1 Å². The number of amides is 2. The lowest BCUT2D eigenvalue weighted by Crippen LogP contribution is -2.47. The SMILES string of the molecule is CC/C=C\C/C=C\C/C=C\C(CCCCCCCCC(=O)NCC(=O)NC(CO)C(=O)O)OC(=O)CCCCCCCCCCC/C=C\CCCCCCCC. The van der Waals surface area contributed by atoms with Crippen LogP contribution in [-0.2, 0) is 23.9 Å². The normalized spacial score (nSPS) is 12.9. The van der Waals surface area contributed by atoms with Gasteiger partial charge in [-0.2, -0.15) is 0 Å². The molecule has 0 spiro atoms. The van der Waals surface area contributed by atoms with Gasteiger partial charge in [0.05, 0.1) is 13.2 Å². The predicted molar refractivity (Wildman–Crippen MR) is 231 cm³/mol. The first-order valence-electron chi connectivity index (χ1n) is 22.5. The molecule has 0 radical (unpaired) electrons. The van der Waals surface area contributed by atoms with Gasteiger partial charge in [-0.05, 0) is 76.7 Å². The summed E-state index contributed by atoms with van der Waals surface area (Å²) in [4.78, 5) is 47.4. The van der Waals surface area contributed by atoms with E-state index in [1.807, 2.05) is 6.08 Å². The summed E-state index contributed by atoms with van der Waals surface area (Å²) >= 11 is 0. The number of carbonyl (C=O) groups excluding carboxylic acids is 3. The Bertz CT molecular complexity index is 1080. The number of aliphatic hydroxyl groups is 1. The second-order valence-corrected chi connectivity index (χ2v) is 15.1. The fourth-order valence-corrected chi connectivity index (χ4v) is 6.35. The monoisotopic (exact) mass is 787 g/mol. The highest BCUT2D eigenvalue weighted by Gasteiger charge is 2.18. The van der Waals surface area contributed by atoms with Gasteiger partial charge in [-0.25, -0.2) is 4.79 Å². The number of rotatable bonds is 40. The number of ether oxygens (including phenoxy) is 1. The molecule has 2 amide bonds. The highest BCUT2D eigenvalue weighted by molar-refractivity contribution is 5.87. The number of aliphatic hydroxyl groups excluding tert-OH is 1. The third-order valence-electron chi connectivity index (χ3n) is 9.79. The Labute approximate surface area is 341 Å². The molecular formula is C47H82N2O7. The van der Waals surface area contributed by atoms with E-state index in [0.29, 0.717) is 19.3 Å². The van der Waals surface area contributed by atoms with Crippen molar-refractivity contribution in [3.05, 3.63) is 48.6 Å². The van der Waals surface area contributed by atoms with Gasteiger partial charge in [0.2, 0.25) is 11.8 Å². The zero-order valence-corrected chi connectivity index (χ0v) is 35.6. The summed E-state index contributed by atoms with van der Waals surface area (Å²) in [6.45, 7) is 3.35. The number of aliphatic carboxylic acids is 1. The first-order valence-corrected chi connectivity index (χ1v) is 22.5. The second-order valence-electron chi connectivity index (χ2n) is 15.1. The summed E-state index contributed by atoms with van der Waals surface area (Å²) in [7, 11) is 0. The van der Waals surface area contributed by atoms with Crippen LogP contribution in [0, 0.1) is 0 Å². The Morgan fingerprint density at radius 1 is 0.571 bits per heavy atom. The van der Waals surface area contributed by atoms with Crippen molar-refractivity contribution in [2.24, 2.45) is 0 Å². The standard InChI is InChI=1S/C47H82N2O7/c1-3-5-7-9-11-13-14-15-16-17-18-19-20-21-22-23-25-31-35-39-46(53)56-42(36-32-28-24-12-10-8-6-4-2)37-33-29-26-27-30-34-38-44(51)48-40-45(52)49-43(41-50)47(54)55/h6,8,12,15-16,24,32,36,42-43,50H,3-5,7,9-11,13-14,17-23,25-31,33-35,37-41H2,1-2H3,(H,48,51)(H,49,52)(H,54,55)/b8-6-,16-15-,24-12-,36-32-. The molecule has 0 aromatic heterocycles. The smallest absolute Gasteiger partial charge is 0.328 e. The van der Waals surface area contributed by atoms with E-state index >= 15 is 0 Å². The van der Waals surface area contributed by atoms with E-state index in [9.17, 15) is 19.2 Å². The molecule has 0 aromatic carbocycles. The maximum atomic E-state index is 12.7. The van der Waals surface area contributed by atoms with E-state index in [2.05, 4.69) is 67.0 Å². The largest absolute Gasteiger partial charge is 0.480 e. The number of nitrogens with one attached hydrogen (secondary N) is 2. The molecule has 9 heteroatoms. The number of carboxylic acids is 1. The lowest BCUT2D eigenvalue weighted by molar-refractivity contribution is -0.147. The topological polar surface area (TPSA) is 142 Å². The third kappa shape index (κ3) is 37.7. The van der Waals surface area contributed by atoms with Crippen LogP contribution < -0.4 is 10.6 Å². The summed E-state index contributed by atoms with van der Waals surface area (Å²) in [6.07, 6.45) is 48.9. The number of allylic oxidation sites excluding steroid dienone is 7. The molecule has 56 heavy (non-hydrogen) atoms. The van der Waals surface area contributed by atoms with Crippen molar-refractivity contribution in [2.45, 2.75) is 212 Å². The Kier molecular flexibility index (Phi) is 39.1. The van der Waals surface area contributed by atoms with Gasteiger partial charge in [-0.3, -0.25) is 14.4 Å². The van der Waals surface area contributed by atoms with Crippen LogP contribution in [0.25, 0.3) is 0 Å². The van der Waals surface area contributed by atoms with E-state index < -0.39 is 24.5 Å². The van der Waals surface area contributed by atoms with Crippen LogP contribution in [-0.4, -0.2) is 59.3 Å². The molecule has 2 unspecified atom stereocenters. The van der Waals surface area contributed by atoms with Crippen molar-refractivity contribution >= 4 is 23.8 Å². The average Bonchev–Trinajstić information content (AvgIpc) is 3.18. The molecule has 0 fully saturated rings. The lowest BCUT2D eigenvalue weighted by Gasteiger charge is -2.15. The van der Waals surface area contributed by atoms with Crippen LogP contribution >= 0.6 is 0 Å². The summed E-state index contributed by atoms with van der Waals surface area (Å²) in [5.41, 5.74) is 0. The van der Waals surface area contributed by atoms with Crippen LogP contribution in [0.1, 0.15) is 200 Å². The number of unbranched alkanes of at least 4 members (excludes halogenated alkanes) is 20. The molecule has 0 aromatic rings. The minimum Gasteiger partial charge on any atom is -0.480 e. The minimum atomic E-state index is -1.38.